The van der Waals surface area contributed by atoms with E-state index in [9.17, 15) is 9.59 Å². The van der Waals surface area contributed by atoms with E-state index in [0.717, 1.165) is 55.7 Å². The van der Waals surface area contributed by atoms with Crippen molar-refractivity contribution >= 4 is 11.8 Å². The van der Waals surface area contributed by atoms with Crippen molar-refractivity contribution in [1.29, 1.82) is 0 Å². The quantitative estimate of drug-likeness (QED) is 0.351. The van der Waals surface area contributed by atoms with Crippen LogP contribution in [0.2, 0.25) is 0 Å². The zero-order valence-electron chi connectivity index (χ0n) is 22.7. The second-order valence-corrected chi connectivity index (χ2v) is 12.0. The predicted molar refractivity (Wildman–Crippen MR) is 143 cm³/mol. The molecule has 0 saturated heterocycles. The van der Waals surface area contributed by atoms with Crippen molar-refractivity contribution in [3.8, 4) is 5.75 Å². The van der Waals surface area contributed by atoms with Crippen LogP contribution in [0.25, 0.3) is 0 Å². The van der Waals surface area contributed by atoms with Crippen molar-refractivity contribution < 1.29 is 14.3 Å². The Hall–Kier alpha value is -2.14. The summed E-state index contributed by atoms with van der Waals surface area (Å²) in [5.74, 6) is 3.19. The SMILES string of the molecule is COc1ccc2c(c1)CCC1C2CC[C@]2(C)C(NCCCCCCN3C(=O)C(C)=C(C)C3=O)CCC12. The number of unbranched alkanes of at least 4 members (excludes halogenated alkanes) is 3. The van der Waals surface area contributed by atoms with Crippen LogP contribution in [0.15, 0.2) is 29.3 Å². The summed E-state index contributed by atoms with van der Waals surface area (Å²) in [5, 5.41) is 3.97. The van der Waals surface area contributed by atoms with Gasteiger partial charge >= 0.3 is 0 Å². The molecule has 5 atom stereocenters. The monoisotopic (exact) mass is 492 g/mol. The van der Waals surface area contributed by atoms with E-state index in [1.807, 2.05) is 0 Å². The van der Waals surface area contributed by atoms with E-state index < -0.39 is 0 Å². The van der Waals surface area contributed by atoms with Gasteiger partial charge in [0, 0.05) is 23.7 Å². The number of benzene rings is 1. The maximum atomic E-state index is 12.2. The summed E-state index contributed by atoms with van der Waals surface area (Å²) in [5.41, 5.74) is 4.76. The van der Waals surface area contributed by atoms with E-state index in [0.29, 0.717) is 29.1 Å². The first-order valence-electron chi connectivity index (χ1n) is 14.3. The smallest absolute Gasteiger partial charge is 0.256 e. The third-order valence-electron chi connectivity index (χ3n) is 10.3. The fourth-order valence-corrected chi connectivity index (χ4v) is 8.07. The topological polar surface area (TPSA) is 58.6 Å². The third kappa shape index (κ3) is 4.42. The molecule has 2 amide bonds. The number of nitrogens with one attached hydrogen (secondary N) is 1. The molecular formula is C31H44N2O3. The van der Waals surface area contributed by atoms with Crippen molar-refractivity contribution in [1.82, 2.24) is 10.2 Å². The van der Waals surface area contributed by atoms with Gasteiger partial charge < -0.3 is 10.1 Å². The minimum absolute atomic E-state index is 0.0981. The molecule has 4 unspecified atom stereocenters. The molecule has 5 nitrogen and oxygen atoms in total. The first kappa shape index (κ1) is 25.5. The number of nitrogens with zero attached hydrogens (tertiary/aromatic N) is 1. The molecule has 5 heteroatoms. The van der Waals surface area contributed by atoms with Crippen LogP contribution >= 0.6 is 0 Å². The second kappa shape index (κ2) is 10.3. The fraction of sp³-hybridized carbons (Fsp3) is 0.677. The largest absolute Gasteiger partial charge is 0.497 e. The summed E-state index contributed by atoms with van der Waals surface area (Å²) in [6.45, 7) is 7.72. The van der Waals surface area contributed by atoms with Gasteiger partial charge in [0.1, 0.15) is 5.75 Å². The van der Waals surface area contributed by atoms with Gasteiger partial charge in [-0.1, -0.05) is 25.8 Å². The van der Waals surface area contributed by atoms with Gasteiger partial charge in [-0.15, -0.1) is 0 Å². The van der Waals surface area contributed by atoms with Gasteiger partial charge in [-0.3, -0.25) is 14.5 Å². The molecule has 2 saturated carbocycles. The molecule has 0 radical (unpaired) electrons. The summed E-state index contributed by atoms with van der Waals surface area (Å²) >= 11 is 0. The highest BCUT2D eigenvalue weighted by Gasteiger charge is 2.54. The zero-order chi connectivity index (χ0) is 25.4. The summed E-state index contributed by atoms with van der Waals surface area (Å²) < 4.78 is 5.48. The van der Waals surface area contributed by atoms with Crippen molar-refractivity contribution in [3.05, 3.63) is 40.5 Å². The highest BCUT2D eigenvalue weighted by atomic mass is 16.5. The average Bonchev–Trinajstić information content (AvgIpc) is 3.32. The number of fused-ring (bicyclic) bond motifs is 5. The number of imide groups is 1. The Labute approximate surface area is 217 Å². The van der Waals surface area contributed by atoms with Gasteiger partial charge in [0.25, 0.3) is 11.8 Å². The maximum Gasteiger partial charge on any atom is 0.256 e. The van der Waals surface area contributed by atoms with E-state index in [1.165, 1.54) is 49.0 Å². The standard InChI is InChI=1S/C31H44N2O3/c1-20-21(2)30(35)33(29(20)34)18-8-6-5-7-17-32-28-14-13-27-26-11-9-22-19-23(36-4)10-12-24(22)25(26)15-16-31(27,28)3/h10,12,19,25-28,32H,5-9,11,13-18H2,1-4H3/t25?,26?,27?,28?,31-/m0/s1. The van der Waals surface area contributed by atoms with Crippen molar-refractivity contribution in [3.63, 3.8) is 0 Å². The lowest BCUT2D eigenvalue weighted by molar-refractivity contribution is -0.137. The minimum Gasteiger partial charge on any atom is -0.497 e. The van der Waals surface area contributed by atoms with Crippen LogP contribution < -0.4 is 10.1 Å². The summed E-state index contributed by atoms with van der Waals surface area (Å²) in [6, 6.07) is 7.43. The molecular weight excluding hydrogens is 448 g/mol. The average molecular weight is 493 g/mol. The van der Waals surface area contributed by atoms with Crippen molar-refractivity contribution in [2.24, 2.45) is 17.3 Å². The van der Waals surface area contributed by atoms with Crippen LogP contribution in [0, 0.1) is 17.3 Å². The third-order valence-corrected chi connectivity index (χ3v) is 10.3. The molecule has 1 aliphatic heterocycles. The molecule has 1 heterocycles. The molecule has 3 aliphatic carbocycles. The highest BCUT2D eigenvalue weighted by Crippen LogP contribution is 2.61. The second-order valence-electron chi connectivity index (χ2n) is 12.0. The lowest BCUT2D eigenvalue weighted by Gasteiger charge is -2.51. The number of hydrogen-bond acceptors (Lipinski definition) is 4. The number of ether oxygens (including phenoxy) is 1. The normalized spacial score (nSPS) is 31.5. The predicted octanol–water partition coefficient (Wildman–Crippen LogP) is 5.78. The van der Waals surface area contributed by atoms with Gasteiger partial charge in [-0.05, 0) is 118 Å². The summed E-state index contributed by atoms with van der Waals surface area (Å²) in [7, 11) is 1.77. The summed E-state index contributed by atoms with van der Waals surface area (Å²) in [6.07, 6.45) is 12.1. The number of amides is 2. The maximum absolute atomic E-state index is 12.2. The van der Waals surface area contributed by atoms with Crippen LogP contribution in [0.1, 0.15) is 95.6 Å². The number of carbonyl (C=O) groups excluding carboxylic acids is 2. The Bertz CT molecular complexity index is 1020. The molecule has 2 fully saturated rings. The Kier molecular flexibility index (Phi) is 7.31. The van der Waals surface area contributed by atoms with Gasteiger partial charge in [0.2, 0.25) is 0 Å². The Morgan fingerprint density at radius 2 is 1.75 bits per heavy atom. The van der Waals surface area contributed by atoms with Crippen LogP contribution in [-0.4, -0.2) is 43.0 Å². The molecule has 0 aromatic heterocycles. The molecule has 0 bridgehead atoms. The number of hydrogen-bond donors (Lipinski definition) is 1. The first-order valence-corrected chi connectivity index (χ1v) is 14.3. The number of aryl methyl sites for hydroxylation is 1. The number of rotatable bonds is 9. The first-order chi connectivity index (χ1) is 17.3. The van der Waals surface area contributed by atoms with Gasteiger partial charge in [-0.2, -0.15) is 0 Å². The lowest BCUT2D eigenvalue weighted by Crippen LogP contribution is -2.48. The van der Waals surface area contributed by atoms with Gasteiger partial charge in [0.15, 0.2) is 0 Å². The molecule has 1 aromatic carbocycles. The number of methoxy groups -OCH3 is 1. The molecule has 196 valence electrons. The van der Waals surface area contributed by atoms with Crippen LogP contribution in [0.5, 0.6) is 5.75 Å². The highest BCUT2D eigenvalue weighted by molar-refractivity contribution is 6.18. The van der Waals surface area contributed by atoms with Gasteiger partial charge in [0.05, 0.1) is 7.11 Å². The Balaban J connectivity index is 1.07. The van der Waals surface area contributed by atoms with E-state index >= 15 is 0 Å². The zero-order valence-corrected chi connectivity index (χ0v) is 22.7. The molecule has 1 N–H and O–H groups in total. The van der Waals surface area contributed by atoms with Crippen molar-refractivity contribution in [2.45, 2.75) is 96.9 Å². The Morgan fingerprint density at radius 1 is 1.00 bits per heavy atom. The lowest BCUT2D eigenvalue weighted by atomic mass is 9.55. The molecule has 36 heavy (non-hydrogen) atoms. The van der Waals surface area contributed by atoms with E-state index in [-0.39, 0.29) is 11.8 Å². The molecule has 4 aliphatic rings. The molecule has 0 spiro atoms. The molecule has 5 rings (SSSR count). The van der Waals surface area contributed by atoms with Crippen molar-refractivity contribution in [2.75, 3.05) is 20.2 Å². The Morgan fingerprint density at radius 3 is 2.50 bits per heavy atom. The number of carbonyl (C=O) groups is 2. The van der Waals surface area contributed by atoms with Crippen LogP contribution in [-0.2, 0) is 16.0 Å². The van der Waals surface area contributed by atoms with Crippen LogP contribution in [0.3, 0.4) is 0 Å². The fourth-order valence-electron chi connectivity index (χ4n) is 8.07. The van der Waals surface area contributed by atoms with Crippen LogP contribution in [0.4, 0.5) is 0 Å². The molecule has 1 aromatic rings. The van der Waals surface area contributed by atoms with E-state index in [4.69, 9.17) is 4.74 Å². The van der Waals surface area contributed by atoms with Gasteiger partial charge in [-0.25, -0.2) is 0 Å². The van der Waals surface area contributed by atoms with E-state index in [2.05, 4.69) is 30.4 Å². The minimum atomic E-state index is -0.0981. The van der Waals surface area contributed by atoms with E-state index in [1.54, 1.807) is 26.5 Å². The summed E-state index contributed by atoms with van der Waals surface area (Å²) in [4.78, 5) is 25.8.